The summed E-state index contributed by atoms with van der Waals surface area (Å²) in [6.45, 7) is 5.03. The molecule has 4 aromatic rings. The SMILES string of the molecule is CC1C(CN2CCC3(CC2)C(=O)NCN3c2ccccc2)OC(c2ccc(CN3C(=O)c4ccccc4C3=O)cc2)OC1c1ccc(CO)cc1. The fourth-order valence-electron chi connectivity index (χ4n) is 8.07. The van der Waals surface area contributed by atoms with E-state index in [0.717, 1.165) is 53.9 Å². The van der Waals surface area contributed by atoms with Crippen LogP contribution in [0.4, 0.5) is 5.69 Å². The monoisotopic (exact) mass is 686 g/mol. The summed E-state index contributed by atoms with van der Waals surface area (Å²) >= 11 is 0. The number of nitrogens with zero attached hydrogens (tertiary/aromatic N) is 3. The zero-order chi connectivity index (χ0) is 35.1. The number of ether oxygens (including phenoxy) is 2. The Morgan fingerprint density at radius 3 is 2.02 bits per heavy atom. The molecule has 0 aliphatic carbocycles. The second kappa shape index (κ2) is 13.7. The van der Waals surface area contributed by atoms with Crippen LogP contribution in [0.1, 0.15) is 75.1 Å². The average molecular weight is 687 g/mol. The summed E-state index contributed by atoms with van der Waals surface area (Å²) < 4.78 is 13.4. The lowest BCUT2D eigenvalue weighted by Gasteiger charge is -2.46. The Balaban J connectivity index is 0.991. The molecular weight excluding hydrogens is 644 g/mol. The first-order chi connectivity index (χ1) is 24.8. The number of carbonyl (C=O) groups is 3. The Morgan fingerprint density at radius 2 is 1.37 bits per heavy atom. The van der Waals surface area contributed by atoms with Crippen molar-refractivity contribution in [1.29, 1.82) is 0 Å². The number of aliphatic hydroxyl groups excluding tert-OH is 1. The van der Waals surface area contributed by atoms with E-state index in [1.807, 2.05) is 66.7 Å². The van der Waals surface area contributed by atoms with Crippen LogP contribution in [0.3, 0.4) is 0 Å². The Labute approximate surface area is 297 Å². The predicted octanol–water partition coefficient (Wildman–Crippen LogP) is 5.20. The first-order valence-corrected chi connectivity index (χ1v) is 17.7. The maximum Gasteiger partial charge on any atom is 0.261 e. The molecule has 4 aliphatic heterocycles. The largest absolute Gasteiger partial charge is 0.392 e. The topological polar surface area (TPSA) is 112 Å². The number of piperidine rings is 1. The van der Waals surface area contributed by atoms with Gasteiger partial charge in [-0.15, -0.1) is 0 Å². The van der Waals surface area contributed by atoms with Crippen molar-refractivity contribution in [2.45, 2.75) is 57.0 Å². The Kier molecular flexibility index (Phi) is 8.93. The molecule has 0 saturated carbocycles. The molecule has 10 nitrogen and oxygen atoms in total. The lowest BCUT2D eigenvalue weighted by atomic mass is 9.84. The fraction of sp³-hybridized carbons (Fsp3) is 0.341. The third-order valence-electron chi connectivity index (χ3n) is 11.1. The van der Waals surface area contributed by atoms with Crippen molar-refractivity contribution in [3.05, 3.63) is 137 Å². The number of imide groups is 1. The highest BCUT2D eigenvalue weighted by molar-refractivity contribution is 6.21. The summed E-state index contributed by atoms with van der Waals surface area (Å²) in [6.07, 6.45) is 0.364. The van der Waals surface area contributed by atoms with E-state index < -0.39 is 11.8 Å². The van der Waals surface area contributed by atoms with Gasteiger partial charge in [-0.2, -0.15) is 0 Å². The molecule has 1 spiro atoms. The molecule has 8 rings (SSSR count). The van der Waals surface area contributed by atoms with Crippen LogP contribution < -0.4 is 10.2 Å². The molecule has 10 heteroatoms. The molecule has 3 fully saturated rings. The number of para-hydroxylation sites is 1. The van der Waals surface area contributed by atoms with Crippen molar-refractivity contribution in [1.82, 2.24) is 15.1 Å². The van der Waals surface area contributed by atoms with Gasteiger partial charge in [0.1, 0.15) is 5.54 Å². The molecule has 0 aromatic heterocycles. The molecule has 4 heterocycles. The second-order valence-electron chi connectivity index (χ2n) is 14.1. The van der Waals surface area contributed by atoms with Crippen LogP contribution in [0, 0.1) is 5.92 Å². The number of rotatable bonds is 8. The smallest absolute Gasteiger partial charge is 0.261 e. The number of carbonyl (C=O) groups excluding carboxylic acids is 3. The van der Waals surface area contributed by atoms with Crippen molar-refractivity contribution in [2.75, 3.05) is 31.2 Å². The van der Waals surface area contributed by atoms with E-state index in [2.05, 4.69) is 34.2 Å². The van der Waals surface area contributed by atoms with Crippen molar-refractivity contribution in [3.8, 4) is 0 Å². The van der Waals surface area contributed by atoms with Gasteiger partial charge in [0.2, 0.25) is 5.91 Å². The van der Waals surface area contributed by atoms with Gasteiger partial charge in [0, 0.05) is 36.8 Å². The molecule has 3 saturated heterocycles. The van der Waals surface area contributed by atoms with Gasteiger partial charge >= 0.3 is 0 Å². The highest BCUT2D eigenvalue weighted by Gasteiger charge is 2.51. The van der Waals surface area contributed by atoms with E-state index in [1.165, 1.54) is 4.90 Å². The summed E-state index contributed by atoms with van der Waals surface area (Å²) in [6, 6.07) is 32.7. The number of nitrogens with one attached hydrogen (secondary N) is 1. The molecular formula is C41H42N4O6. The summed E-state index contributed by atoms with van der Waals surface area (Å²) in [5, 5.41) is 12.7. The number of amides is 3. The normalized spacial score (nSPS) is 24.6. The molecule has 3 amide bonds. The fourth-order valence-corrected chi connectivity index (χ4v) is 8.07. The number of hydrogen-bond donors (Lipinski definition) is 2. The Hall–Kier alpha value is -4.87. The number of fused-ring (bicyclic) bond motifs is 1. The van der Waals surface area contributed by atoms with Gasteiger partial charge in [0.25, 0.3) is 11.8 Å². The van der Waals surface area contributed by atoms with E-state index in [-0.39, 0.29) is 49.0 Å². The van der Waals surface area contributed by atoms with Crippen LogP contribution in [-0.4, -0.2) is 70.6 Å². The summed E-state index contributed by atoms with van der Waals surface area (Å²) in [4.78, 5) is 45.1. The first kappa shape index (κ1) is 33.3. The quantitative estimate of drug-likeness (QED) is 0.244. The van der Waals surface area contributed by atoms with Gasteiger partial charge in [-0.25, -0.2) is 0 Å². The van der Waals surface area contributed by atoms with Crippen molar-refractivity contribution in [2.24, 2.45) is 5.92 Å². The molecule has 4 aromatic carbocycles. The molecule has 0 bridgehead atoms. The van der Waals surface area contributed by atoms with E-state index in [0.29, 0.717) is 24.3 Å². The van der Waals surface area contributed by atoms with Gasteiger partial charge in [-0.1, -0.05) is 85.8 Å². The zero-order valence-corrected chi connectivity index (χ0v) is 28.6. The predicted molar refractivity (Wildman–Crippen MR) is 190 cm³/mol. The van der Waals surface area contributed by atoms with Crippen LogP contribution in [0.15, 0.2) is 103 Å². The third-order valence-corrected chi connectivity index (χ3v) is 11.1. The molecule has 262 valence electrons. The lowest BCUT2D eigenvalue weighted by molar-refractivity contribution is -0.276. The van der Waals surface area contributed by atoms with Gasteiger partial charge < -0.3 is 29.7 Å². The number of aliphatic hydroxyl groups is 1. The minimum absolute atomic E-state index is 0.0146. The molecule has 4 atom stereocenters. The maximum absolute atomic E-state index is 13.3. The van der Waals surface area contributed by atoms with E-state index in [4.69, 9.17) is 9.47 Å². The highest BCUT2D eigenvalue weighted by atomic mass is 16.7. The van der Waals surface area contributed by atoms with Gasteiger partial charge in [0.05, 0.1) is 43.2 Å². The first-order valence-electron chi connectivity index (χ1n) is 17.7. The van der Waals surface area contributed by atoms with E-state index in [9.17, 15) is 19.5 Å². The third kappa shape index (κ3) is 6.12. The number of hydrogen-bond acceptors (Lipinski definition) is 8. The minimum Gasteiger partial charge on any atom is -0.392 e. The van der Waals surface area contributed by atoms with Crippen LogP contribution in [-0.2, 0) is 27.4 Å². The van der Waals surface area contributed by atoms with Crippen LogP contribution in [0.5, 0.6) is 0 Å². The van der Waals surface area contributed by atoms with Gasteiger partial charge in [-0.05, 0) is 53.8 Å². The van der Waals surface area contributed by atoms with Crippen molar-refractivity contribution in [3.63, 3.8) is 0 Å². The van der Waals surface area contributed by atoms with Crippen LogP contribution >= 0.6 is 0 Å². The molecule has 51 heavy (non-hydrogen) atoms. The number of anilines is 1. The van der Waals surface area contributed by atoms with Crippen LogP contribution in [0.2, 0.25) is 0 Å². The Morgan fingerprint density at radius 1 is 0.765 bits per heavy atom. The van der Waals surface area contributed by atoms with Gasteiger partial charge in [-0.3, -0.25) is 19.3 Å². The molecule has 2 N–H and O–H groups in total. The van der Waals surface area contributed by atoms with Crippen LogP contribution in [0.25, 0.3) is 0 Å². The summed E-state index contributed by atoms with van der Waals surface area (Å²) in [5.41, 5.74) is 4.88. The molecule has 4 unspecified atom stereocenters. The lowest BCUT2D eigenvalue weighted by Crippen LogP contribution is -2.57. The van der Waals surface area contributed by atoms with Crippen molar-refractivity contribution < 1.29 is 29.0 Å². The zero-order valence-electron chi connectivity index (χ0n) is 28.6. The molecule has 4 aliphatic rings. The average Bonchev–Trinajstić information content (AvgIpc) is 3.61. The van der Waals surface area contributed by atoms with Gasteiger partial charge in [0.15, 0.2) is 6.29 Å². The number of benzene rings is 4. The maximum atomic E-state index is 13.3. The molecule has 0 radical (unpaired) electrons. The summed E-state index contributed by atoms with van der Waals surface area (Å²) in [7, 11) is 0. The second-order valence-corrected chi connectivity index (χ2v) is 14.1. The standard InChI is InChI=1S/C41H42N4O6/c1-27-35(24-43-21-19-41(20-22-43)40(49)42-26-45(41)32-7-3-2-4-8-32)50-39(51-36(27)30-15-13-29(25-46)14-16-30)31-17-11-28(12-18-31)23-44-37(47)33-9-5-6-10-34(33)38(44)48/h2-18,27,35-36,39,46H,19-26H2,1H3,(H,42,49). The number of likely N-dealkylation sites (tertiary alicyclic amines) is 1. The minimum atomic E-state index is -0.646. The van der Waals surface area contributed by atoms with Crippen molar-refractivity contribution >= 4 is 23.4 Å². The van der Waals surface area contributed by atoms with E-state index in [1.54, 1.807) is 24.3 Å². The Bertz CT molecular complexity index is 1870. The summed E-state index contributed by atoms with van der Waals surface area (Å²) in [5.74, 6) is -0.452. The highest BCUT2D eigenvalue weighted by Crippen LogP contribution is 2.43. The van der Waals surface area contributed by atoms with E-state index >= 15 is 0 Å².